The molecule has 0 radical (unpaired) electrons. The molecule has 2 unspecified atom stereocenters. The molecular formula is C29H37F2N5O5. The van der Waals surface area contributed by atoms with Gasteiger partial charge in [-0.25, -0.2) is 8.78 Å². The van der Waals surface area contributed by atoms with Gasteiger partial charge in [-0.3, -0.25) is 19.3 Å². The lowest BCUT2D eigenvalue weighted by Gasteiger charge is -2.42. The Morgan fingerprint density at radius 1 is 1.07 bits per heavy atom. The summed E-state index contributed by atoms with van der Waals surface area (Å²) in [6.45, 7) is 6.43. The SMILES string of the molecule is O=C(NCc1ccc(F)cc1F)c1cn2c(c(O)c1=O)C(=O)N(C1CCCCC1CNCCN1CCOCC1)CC2. The Bertz CT molecular complexity index is 1330. The summed E-state index contributed by atoms with van der Waals surface area (Å²) in [5.41, 5.74) is -1.39. The smallest absolute Gasteiger partial charge is 0.274 e. The molecule has 12 heteroatoms. The second kappa shape index (κ2) is 13.1. The van der Waals surface area contributed by atoms with E-state index in [1.54, 1.807) is 4.90 Å². The zero-order valence-electron chi connectivity index (χ0n) is 23.0. The first-order valence-corrected chi connectivity index (χ1v) is 14.3. The summed E-state index contributed by atoms with van der Waals surface area (Å²) in [5.74, 6) is -3.32. The Balaban J connectivity index is 1.24. The molecule has 2 fully saturated rings. The number of ether oxygens (including phenoxy) is 1. The minimum atomic E-state index is -0.964. The molecule has 5 rings (SSSR count). The van der Waals surface area contributed by atoms with E-state index < -0.39 is 34.6 Å². The van der Waals surface area contributed by atoms with Gasteiger partial charge in [0.15, 0.2) is 11.4 Å². The molecule has 10 nitrogen and oxygen atoms in total. The number of rotatable bonds is 9. The maximum Gasteiger partial charge on any atom is 0.274 e. The number of halogens is 2. The molecule has 41 heavy (non-hydrogen) atoms. The van der Waals surface area contributed by atoms with E-state index in [0.29, 0.717) is 19.2 Å². The van der Waals surface area contributed by atoms with Gasteiger partial charge in [-0.1, -0.05) is 18.9 Å². The summed E-state index contributed by atoms with van der Waals surface area (Å²) in [4.78, 5) is 43.5. The van der Waals surface area contributed by atoms with Crippen LogP contribution < -0.4 is 16.1 Å². The highest BCUT2D eigenvalue weighted by molar-refractivity contribution is 5.99. The normalized spacial score (nSPS) is 21.5. The molecule has 3 aliphatic rings. The van der Waals surface area contributed by atoms with Gasteiger partial charge in [-0.05, 0) is 31.4 Å². The molecular weight excluding hydrogens is 536 g/mol. The van der Waals surface area contributed by atoms with Gasteiger partial charge in [0.1, 0.15) is 17.2 Å². The van der Waals surface area contributed by atoms with Crippen molar-refractivity contribution in [3.63, 3.8) is 0 Å². The number of hydrogen-bond donors (Lipinski definition) is 3. The van der Waals surface area contributed by atoms with Gasteiger partial charge in [0.05, 0.1) is 13.2 Å². The molecule has 1 aromatic heterocycles. The fraction of sp³-hybridized carbons (Fsp3) is 0.552. The average Bonchev–Trinajstić information content (AvgIpc) is 2.97. The molecule has 2 aromatic rings. The number of benzene rings is 1. The summed E-state index contributed by atoms with van der Waals surface area (Å²) in [5, 5.41) is 16.8. The zero-order chi connectivity index (χ0) is 28.9. The number of nitrogens with one attached hydrogen (secondary N) is 2. The number of aromatic nitrogens is 1. The van der Waals surface area contributed by atoms with Crippen LogP contribution in [0, 0.1) is 17.6 Å². The molecule has 1 saturated heterocycles. The molecule has 222 valence electrons. The Morgan fingerprint density at radius 2 is 1.85 bits per heavy atom. The van der Waals surface area contributed by atoms with Gasteiger partial charge in [0.25, 0.3) is 11.8 Å². The van der Waals surface area contributed by atoms with E-state index in [1.165, 1.54) is 16.8 Å². The lowest BCUT2D eigenvalue weighted by Crippen LogP contribution is -2.53. The number of pyridine rings is 1. The van der Waals surface area contributed by atoms with Gasteiger partial charge in [0.2, 0.25) is 5.43 Å². The number of nitrogens with zero attached hydrogens (tertiary/aromatic N) is 3. The highest BCUT2D eigenvalue weighted by Crippen LogP contribution is 2.32. The zero-order valence-corrected chi connectivity index (χ0v) is 23.0. The lowest BCUT2D eigenvalue weighted by molar-refractivity contribution is 0.0372. The van der Waals surface area contributed by atoms with Crippen LogP contribution in [0.15, 0.2) is 29.2 Å². The number of morpholine rings is 1. The summed E-state index contributed by atoms with van der Waals surface area (Å²) >= 11 is 0. The van der Waals surface area contributed by atoms with Gasteiger partial charge in [0, 0.05) is 69.7 Å². The highest BCUT2D eigenvalue weighted by Gasteiger charge is 2.38. The molecule has 2 amide bonds. The summed E-state index contributed by atoms with van der Waals surface area (Å²) in [7, 11) is 0. The van der Waals surface area contributed by atoms with E-state index in [4.69, 9.17) is 4.74 Å². The second-order valence-electron chi connectivity index (χ2n) is 10.9. The summed E-state index contributed by atoms with van der Waals surface area (Å²) in [6, 6.07) is 2.97. The number of carbonyl (C=O) groups is 2. The van der Waals surface area contributed by atoms with Crippen molar-refractivity contribution in [1.82, 2.24) is 25.0 Å². The fourth-order valence-electron chi connectivity index (χ4n) is 6.10. The quantitative estimate of drug-likeness (QED) is 0.391. The first-order chi connectivity index (χ1) is 19.8. The number of aromatic hydroxyl groups is 1. The topological polar surface area (TPSA) is 116 Å². The van der Waals surface area contributed by atoms with Crippen LogP contribution in [-0.4, -0.2) is 89.8 Å². The Hall–Kier alpha value is -3.35. The van der Waals surface area contributed by atoms with Gasteiger partial charge in [-0.2, -0.15) is 0 Å². The predicted octanol–water partition coefficient (Wildman–Crippen LogP) is 1.70. The van der Waals surface area contributed by atoms with Crippen molar-refractivity contribution in [3.8, 4) is 5.75 Å². The van der Waals surface area contributed by atoms with Crippen LogP contribution in [0.3, 0.4) is 0 Å². The molecule has 3 N–H and O–H groups in total. The second-order valence-corrected chi connectivity index (χ2v) is 10.9. The van der Waals surface area contributed by atoms with Crippen LogP contribution in [-0.2, 0) is 17.8 Å². The molecule has 2 aliphatic heterocycles. The lowest BCUT2D eigenvalue weighted by atomic mass is 9.83. The fourth-order valence-corrected chi connectivity index (χ4v) is 6.10. The van der Waals surface area contributed by atoms with E-state index >= 15 is 0 Å². The van der Waals surface area contributed by atoms with Crippen molar-refractivity contribution < 1.29 is 28.2 Å². The number of carbonyl (C=O) groups excluding carboxylic acids is 2. The van der Waals surface area contributed by atoms with E-state index in [2.05, 4.69) is 15.5 Å². The summed E-state index contributed by atoms with van der Waals surface area (Å²) < 4.78 is 34.0. The van der Waals surface area contributed by atoms with Gasteiger partial charge < -0.3 is 29.9 Å². The van der Waals surface area contributed by atoms with E-state index in [0.717, 1.165) is 77.7 Å². The molecule has 1 aromatic carbocycles. The Morgan fingerprint density at radius 3 is 2.63 bits per heavy atom. The number of hydrogen-bond acceptors (Lipinski definition) is 7. The molecule has 0 spiro atoms. The minimum Gasteiger partial charge on any atom is -0.503 e. The number of fused-ring (bicyclic) bond motifs is 1. The van der Waals surface area contributed by atoms with Crippen LogP contribution in [0.1, 0.15) is 52.1 Å². The van der Waals surface area contributed by atoms with Crippen molar-refractivity contribution in [2.45, 2.75) is 44.8 Å². The van der Waals surface area contributed by atoms with Crippen molar-refractivity contribution in [3.05, 3.63) is 63.1 Å². The Kier molecular flexibility index (Phi) is 9.31. The van der Waals surface area contributed by atoms with Gasteiger partial charge >= 0.3 is 0 Å². The predicted molar refractivity (Wildman–Crippen MR) is 147 cm³/mol. The molecule has 1 saturated carbocycles. The van der Waals surface area contributed by atoms with E-state index in [-0.39, 0.29) is 35.3 Å². The van der Waals surface area contributed by atoms with E-state index in [9.17, 15) is 28.3 Å². The minimum absolute atomic E-state index is 0.0102. The molecule has 3 heterocycles. The van der Waals surface area contributed by atoms with E-state index in [1.807, 2.05) is 0 Å². The third kappa shape index (κ3) is 6.60. The van der Waals surface area contributed by atoms with Crippen LogP contribution in [0.25, 0.3) is 0 Å². The largest absolute Gasteiger partial charge is 0.503 e. The third-order valence-electron chi connectivity index (χ3n) is 8.38. The Labute approximate surface area is 237 Å². The maximum absolute atomic E-state index is 13.9. The number of amides is 2. The van der Waals surface area contributed by atoms with Crippen molar-refractivity contribution >= 4 is 11.8 Å². The van der Waals surface area contributed by atoms with Crippen molar-refractivity contribution in [2.24, 2.45) is 5.92 Å². The maximum atomic E-state index is 13.9. The third-order valence-corrected chi connectivity index (χ3v) is 8.38. The van der Waals surface area contributed by atoms with Crippen molar-refractivity contribution in [1.29, 1.82) is 0 Å². The first kappa shape index (κ1) is 29.2. The molecule has 1 aliphatic carbocycles. The molecule has 0 bridgehead atoms. The monoisotopic (exact) mass is 573 g/mol. The van der Waals surface area contributed by atoms with Crippen LogP contribution in [0.5, 0.6) is 5.75 Å². The van der Waals surface area contributed by atoms with Crippen LogP contribution in [0.2, 0.25) is 0 Å². The highest BCUT2D eigenvalue weighted by atomic mass is 19.1. The summed E-state index contributed by atoms with van der Waals surface area (Å²) in [6.07, 6.45) is 5.22. The van der Waals surface area contributed by atoms with Gasteiger partial charge in [-0.15, -0.1) is 0 Å². The van der Waals surface area contributed by atoms with Crippen LogP contribution in [0.4, 0.5) is 8.78 Å². The van der Waals surface area contributed by atoms with Crippen molar-refractivity contribution in [2.75, 3.05) is 52.5 Å². The first-order valence-electron chi connectivity index (χ1n) is 14.3. The average molecular weight is 574 g/mol. The van der Waals surface area contributed by atoms with Crippen LogP contribution >= 0.6 is 0 Å². The standard InChI is InChI=1S/C29H37F2N5O5/c30-21-6-5-19(23(31)15-21)17-33-28(39)22-18-35-9-10-36(29(40)25(35)27(38)26(22)37)24-4-2-1-3-20(24)16-32-7-8-34-11-13-41-14-12-34/h5-6,15,18,20,24,32,38H,1-4,7-14,16-17H2,(H,33,39). The molecule has 2 atom stereocenters.